The van der Waals surface area contributed by atoms with Gasteiger partial charge in [0.25, 0.3) is 11.2 Å². The molecule has 2 aliphatic carbocycles. The summed E-state index contributed by atoms with van der Waals surface area (Å²) in [5.41, 5.74) is 5.96. The number of nitrogens with two attached hydrogens (primary N) is 1. The summed E-state index contributed by atoms with van der Waals surface area (Å²) in [6.45, 7) is 1.45. The van der Waals surface area contributed by atoms with Crippen molar-refractivity contribution in [3.05, 3.63) is 137 Å². The van der Waals surface area contributed by atoms with E-state index in [1.165, 1.54) is 43.3 Å². The molecule has 4 unspecified atom stereocenters. The Labute approximate surface area is 343 Å². The van der Waals surface area contributed by atoms with Gasteiger partial charge in [0.1, 0.15) is 0 Å². The summed E-state index contributed by atoms with van der Waals surface area (Å²) in [6, 6.07) is 18.2. The molecule has 2 aliphatic heterocycles. The predicted molar refractivity (Wildman–Crippen MR) is 206 cm³/mol. The van der Waals surface area contributed by atoms with Crippen LogP contribution >= 0.6 is 46.4 Å². The average molecular weight is 873 g/mol. The Kier molecular flexibility index (Phi) is 11.0. The SMILES string of the molecule is CC(=O)NC1CCc2cc(C3=NOC(c4cc(Cl)cc(Cl)c4)(C(F)(F)F)C3)ccc21.NC1CCc2cc(C3=NOC(c4cc(Cl)cc(Cl)c4)(C(F)(F)F)C3)ccc21. The zero-order valence-electron chi connectivity index (χ0n) is 29.8. The Morgan fingerprint density at radius 2 is 1.11 bits per heavy atom. The smallest absolute Gasteiger partial charge is 0.374 e. The number of carbonyl (C=O) groups is 1. The second kappa shape index (κ2) is 15.3. The molecule has 17 heteroatoms. The van der Waals surface area contributed by atoms with Crippen LogP contribution in [0.4, 0.5) is 26.3 Å². The number of nitrogens with zero attached hydrogens (tertiary/aromatic N) is 2. The molecule has 0 saturated carbocycles. The molecule has 4 aromatic rings. The van der Waals surface area contributed by atoms with Crippen molar-refractivity contribution in [1.82, 2.24) is 5.32 Å². The first-order chi connectivity index (χ1) is 26.8. The van der Waals surface area contributed by atoms with Gasteiger partial charge in [0.15, 0.2) is 0 Å². The van der Waals surface area contributed by atoms with Gasteiger partial charge in [-0.05, 0) is 108 Å². The van der Waals surface area contributed by atoms with Crippen LogP contribution in [0.2, 0.25) is 20.1 Å². The molecule has 3 N–H and O–H groups in total. The molecule has 4 aromatic carbocycles. The van der Waals surface area contributed by atoms with Gasteiger partial charge in [-0.3, -0.25) is 4.79 Å². The van der Waals surface area contributed by atoms with Gasteiger partial charge in [0, 0.05) is 57.0 Å². The third kappa shape index (κ3) is 7.93. The topological polar surface area (TPSA) is 98.3 Å². The van der Waals surface area contributed by atoms with Gasteiger partial charge in [-0.25, -0.2) is 0 Å². The highest BCUT2D eigenvalue weighted by Gasteiger charge is 2.63. The molecule has 4 atom stereocenters. The van der Waals surface area contributed by atoms with E-state index in [1.807, 2.05) is 24.3 Å². The van der Waals surface area contributed by atoms with Crippen molar-refractivity contribution in [1.29, 1.82) is 0 Å². The fraction of sp³-hybridized carbons (Fsp3) is 0.325. The van der Waals surface area contributed by atoms with Gasteiger partial charge in [-0.2, -0.15) is 26.3 Å². The molecule has 2 heterocycles. The lowest BCUT2D eigenvalue weighted by molar-refractivity contribution is -0.276. The van der Waals surface area contributed by atoms with E-state index in [9.17, 15) is 31.1 Å². The molecule has 7 nitrogen and oxygen atoms in total. The van der Waals surface area contributed by atoms with Crippen LogP contribution in [-0.4, -0.2) is 29.7 Å². The van der Waals surface area contributed by atoms with Gasteiger partial charge in [0.2, 0.25) is 5.91 Å². The summed E-state index contributed by atoms with van der Waals surface area (Å²) in [5, 5.41) is 10.8. The third-order valence-corrected chi connectivity index (χ3v) is 11.4. The lowest BCUT2D eigenvalue weighted by atomic mass is 9.86. The van der Waals surface area contributed by atoms with Crippen molar-refractivity contribution in [2.45, 2.75) is 81.1 Å². The zero-order valence-corrected chi connectivity index (χ0v) is 32.8. The molecule has 0 fully saturated rings. The maximum absolute atomic E-state index is 14.1. The Morgan fingerprint density at radius 3 is 1.54 bits per heavy atom. The summed E-state index contributed by atoms with van der Waals surface area (Å²) in [6.07, 6.45) is -7.31. The molecule has 4 aliphatic rings. The van der Waals surface area contributed by atoms with Crippen LogP contribution in [0.15, 0.2) is 83.1 Å². The van der Waals surface area contributed by atoms with Crippen molar-refractivity contribution in [2.24, 2.45) is 16.0 Å². The minimum Gasteiger partial charge on any atom is -0.374 e. The zero-order chi connectivity index (χ0) is 41.1. The van der Waals surface area contributed by atoms with E-state index in [-0.39, 0.29) is 60.6 Å². The Bertz CT molecular complexity index is 2280. The van der Waals surface area contributed by atoms with Crippen molar-refractivity contribution in [3.63, 3.8) is 0 Å². The third-order valence-electron chi connectivity index (χ3n) is 10.6. The monoisotopic (exact) mass is 870 g/mol. The second-order valence-corrected chi connectivity index (χ2v) is 16.1. The minimum atomic E-state index is -4.74. The Hall–Kier alpha value is -4.01. The minimum absolute atomic E-state index is 0.0290. The van der Waals surface area contributed by atoms with Crippen LogP contribution in [-0.2, 0) is 38.5 Å². The number of amides is 1. The van der Waals surface area contributed by atoms with E-state index in [0.29, 0.717) is 11.1 Å². The number of oxime groups is 2. The number of hydrogen-bond donors (Lipinski definition) is 2. The highest BCUT2D eigenvalue weighted by Crippen LogP contribution is 2.51. The molecule has 0 aromatic heterocycles. The number of fused-ring (bicyclic) bond motifs is 2. The molecule has 57 heavy (non-hydrogen) atoms. The molecule has 0 radical (unpaired) electrons. The number of halogens is 10. The molecule has 300 valence electrons. The Morgan fingerprint density at radius 1 is 0.684 bits per heavy atom. The van der Waals surface area contributed by atoms with E-state index in [2.05, 4.69) is 15.6 Å². The number of rotatable bonds is 5. The summed E-state index contributed by atoms with van der Waals surface area (Å²) in [5.74, 6) is -0.124. The van der Waals surface area contributed by atoms with Gasteiger partial charge in [0.05, 0.1) is 17.5 Å². The summed E-state index contributed by atoms with van der Waals surface area (Å²) in [4.78, 5) is 21.4. The highest BCUT2D eigenvalue weighted by atomic mass is 35.5. The fourth-order valence-electron chi connectivity index (χ4n) is 7.71. The summed E-state index contributed by atoms with van der Waals surface area (Å²) in [7, 11) is 0. The van der Waals surface area contributed by atoms with Gasteiger partial charge >= 0.3 is 12.4 Å². The van der Waals surface area contributed by atoms with Crippen LogP contribution in [0, 0.1) is 0 Å². The number of carbonyl (C=O) groups excluding carboxylic acids is 1. The number of benzene rings is 4. The van der Waals surface area contributed by atoms with E-state index in [0.717, 1.165) is 47.9 Å². The first-order valence-corrected chi connectivity index (χ1v) is 19.2. The van der Waals surface area contributed by atoms with Crippen molar-refractivity contribution < 1.29 is 40.8 Å². The van der Waals surface area contributed by atoms with Crippen LogP contribution in [0.5, 0.6) is 0 Å². The first-order valence-electron chi connectivity index (χ1n) is 17.6. The summed E-state index contributed by atoms with van der Waals surface area (Å²) < 4.78 is 84.4. The maximum atomic E-state index is 14.1. The summed E-state index contributed by atoms with van der Waals surface area (Å²) >= 11 is 23.7. The quantitative estimate of drug-likeness (QED) is 0.195. The number of nitrogens with one attached hydrogen (secondary N) is 1. The molecule has 0 saturated heterocycles. The van der Waals surface area contributed by atoms with Gasteiger partial charge in [-0.15, -0.1) is 0 Å². The van der Waals surface area contributed by atoms with Crippen LogP contribution in [0.1, 0.15) is 89.2 Å². The van der Waals surface area contributed by atoms with E-state index in [4.69, 9.17) is 61.8 Å². The van der Waals surface area contributed by atoms with E-state index >= 15 is 0 Å². The van der Waals surface area contributed by atoms with E-state index < -0.39 is 36.4 Å². The largest absolute Gasteiger partial charge is 0.435 e. The van der Waals surface area contributed by atoms with Gasteiger partial charge in [-0.1, -0.05) is 81.0 Å². The van der Waals surface area contributed by atoms with Crippen LogP contribution in [0.3, 0.4) is 0 Å². The first kappa shape index (κ1) is 41.2. The van der Waals surface area contributed by atoms with Crippen LogP contribution in [0.25, 0.3) is 0 Å². The second-order valence-electron chi connectivity index (χ2n) is 14.3. The van der Waals surface area contributed by atoms with Gasteiger partial charge < -0.3 is 20.7 Å². The number of alkyl halides is 6. The average Bonchev–Trinajstić information content (AvgIpc) is 3.93. The number of hydrogen-bond acceptors (Lipinski definition) is 6. The van der Waals surface area contributed by atoms with Crippen LogP contribution < -0.4 is 11.1 Å². The number of aryl methyl sites for hydroxylation is 2. The predicted octanol–water partition coefficient (Wildman–Crippen LogP) is 11.2. The fourth-order valence-corrected chi connectivity index (χ4v) is 8.77. The Balaban J connectivity index is 0.000000175. The molecule has 1 amide bonds. The lowest BCUT2D eigenvalue weighted by Crippen LogP contribution is -2.42. The van der Waals surface area contributed by atoms with Crippen molar-refractivity contribution in [2.75, 3.05) is 0 Å². The highest BCUT2D eigenvalue weighted by molar-refractivity contribution is 6.35. The van der Waals surface area contributed by atoms with Crippen molar-refractivity contribution >= 4 is 63.7 Å². The van der Waals surface area contributed by atoms with Crippen molar-refractivity contribution in [3.8, 4) is 0 Å². The molecule has 0 bridgehead atoms. The maximum Gasteiger partial charge on any atom is 0.435 e. The molecule has 8 rings (SSSR count). The normalized spacial score (nSPS) is 23.7. The standard InChI is InChI=1S/C21H17Cl2F3N2O2.C19H15Cl2F3N2O/c1-11(29)27-18-5-3-12-6-13(2-4-17(12)18)19-10-20(30-28-19,21(24,25)26)14-7-15(22)9-16(23)8-14;20-13-6-12(7-14(21)8-13)18(19(22,23)24)9-17(26-27-18)11-1-3-15-10(5-11)2-4-16(15)25/h2,4,6-9,18H,3,5,10H2,1H3,(H,27,29);1,3,5-8,16H,2,4,9,25H2. The van der Waals surface area contributed by atoms with E-state index in [1.54, 1.807) is 12.1 Å². The lowest BCUT2D eigenvalue weighted by Gasteiger charge is -2.29. The molecular formula is C40H32Cl4F6N4O3. The molecule has 0 spiro atoms. The molecular weight excluding hydrogens is 840 g/mol.